The van der Waals surface area contributed by atoms with Gasteiger partial charge in [-0.3, -0.25) is 14.6 Å². The Labute approximate surface area is 163 Å². The molecule has 0 bridgehead atoms. The number of nitrogens with one attached hydrogen (secondary N) is 2. The Bertz CT molecular complexity index is 539. The molecule has 2 rings (SSSR count). The summed E-state index contributed by atoms with van der Waals surface area (Å²) in [7, 11) is 3.81. The summed E-state index contributed by atoms with van der Waals surface area (Å²) in [5.41, 5.74) is 3.53. The van der Waals surface area contributed by atoms with Crippen LogP contribution in [0.3, 0.4) is 0 Å². The molecule has 1 saturated heterocycles. The molecule has 0 amide bonds. The van der Waals surface area contributed by atoms with Gasteiger partial charge in [-0.25, -0.2) is 0 Å². The molecule has 24 heavy (non-hydrogen) atoms. The molecule has 138 valence electrons. The van der Waals surface area contributed by atoms with Gasteiger partial charge in [0.15, 0.2) is 5.96 Å². The number of aliphatic imine (C=N–C) groups is 1. The molecule has 0 radical (unpaired) electrons. The van der Waals surface area contributed by atoms with Crippen LogP contribution in [0.25, 0.3) is 0 Å². The molecule has 0 spiro atoms. The number of hydrogen-bond donors (Lipinski definition) is 2. The Hall–Kier alpha value is -0.830. The van der Waals surface area contributed by atoms with Crippen molar-refractivity contribution in [3.63, 3.8) is 0 Å². The average molecular weight is 448 g/mol. The van der Waals surface area contributed by atoms with E-state index in [9.17, 15) is 0 Å². The van der Waals surface area contributed by atoms with E-state index in [-0.39, 0.29) is 24.0 Å². The molecule has 1 aliphatic rings. The summed E-state index contributed by atoms with van der Waals surface area (Å²) in [6.45, 7) is 10.5. The lowest BCUT2D eigenvalue weighted by atomic mass is 10.0. The second-order valence-corrected chi connectivity index (χ2v) is 6.51. The second kappa shape index (κ2) is 10.2. The van der Waals surface area contributed by atoms with Crippen LogP contribution in [0.2, 0.25) is 0 Å². The maximum Gasteiger partial charge on any atom is 0.191 e. The van der Waals surface area contributed by atoms with E-state index in [1.165, 1.54) is 37.1 Å². The second-order valence-electron chi connectivity index (χ2n) is 6.51. The van der Waals surface area contributed by atoms with Gasteiger partial charge >= 0.3 is 0 Å². The minimum atomic E-state index is 0. The summed E-state index contributed by atoms with van der Waals surface area (Å²) in [5, 5.41) is 11.3. The van der Waals surface area contributed by atoms with Crippen molar-refractivity contribution in [1.29, 1.82) is 0 Å². The van der Waals surface area contributed by atoms with Gasteiger partial charge in [0.05, 0.1) is 5.69 Å². The lowest BCUT2D eigenvalue weighted by Gasteiger charge is -2.33. The van der Waals surface area contributed by atoms with E-state index in [4.69, 9.17) is 0 Å². The highest BCUT2D eigenvalue weighted by Crippen LogP contribution is 2.15. The summed E-state index contributed by atoms with van der Waals surface area (Å²) in [4.78, 5) is 6.89. The molecule has 1 aromatic heterocycles. The topological polar surface area (TPSA) is 57.5 Å². The summed E-state index contributed by atoms with van der Waals surface area (Å²) in [6, 6.07) is 0.709. The quantitative estimate of drug-likeness (QED) is 0.412. The molecule has 1 unspecified atom stereocenters. The molecule has 0 aromatic carbocycles. The van der Waals surface area contributed by atoms with Crippen LogP contribution in [0.4, 0.5) is 0 Å². The first-order valence-electron chi connectivity index (χ1n) is 8.70. The largest absolute Gasteiger partial charge is 0.355 e. The Balaban J connectivity index is 0.00000288. The third kappa shape index (κ3) is 5.61. The number of likely N-dealkylation sites (tertiary alicyclic amines) is 1. The van der Waals surface area contributed by atoms with Gasteiger partial charge in [-0.05, 0) is 40.2 Å². The fourth-order valence-corrected chi connectivity index (χ4v) is 3.27. The minimum absolute atomic E-state index is 0. The lowest BCUT2D eigenvalue weighted by molar-refractivity contribution is 0.163. The van der Waals surface area contributed by atoms with E-state index in [2.05, 4.69) is 46.4 Å². The average Bonchev–Trinajstić information content (AvgIpc) is 2.78. The van der Waals surface area contributed by atoms with Gasteiger partial charge in [0.25, 0.3) is 0 Å². The lowest BCUT2D eigenvalue weighted by Crippen LogP contribution is -2.45. The van der Waals surface area contributed by atoms with Crippen molar-refractivity contribution in [2.75, 3.05) is 26.7 Å². The van der Waals surface area contributed by atoms with Gasteiger partial charge in [-0.2, -0.15) is 5.10 Å². The Morgan fingerprint density at radius 1 is 1.29 bits per heavy atom. The molecule has 1 aromatic rings. The number of nitrogens with zero attached hydrogens (tertiary/aromatic N) is 4. The smallest absolute Gasteiger partial charge is 0.191 e. The first-order valence-corrected chi connectivity index (χ1v) is 8.70. The predicted octanol–water partition coefficient (Wildman–Crippen LogP) is 2.19. The Kier molecular flexibility index (Phi) is 9.04. The minimum Gasteiger partial charge on any atom is -0.355 e. The van der Waals surface area contributed by atoms with E-state index in [0.717, 1.165) is 31.3 Å². The summed E-state index contributed by atoms with van der Waals surface area (Å²) in [6.07, 6.45) is 4.03. The first kappa shape index (κ1) is 21.2. The number of rotatable bonds is 5. The molecule has 2 N–H and O–H groups in total. The number of halogens is 1. The monoisotopic (exact) mass is 448 g/mol. The van der Waals surface area contributed by atoms with Crippen molar-refractivity contribution < 1.29 is 0 Å². The Morgan fingerprint density at radius 2 is 2.04 bits per heavy atom. The SMILES string of the molecule is CN=C(NCCN1CCCCC1C)NCc1c(C)nn(C)c1C.I. The van der Waals surface area contributed by atoms with Crippen LogP contribution < -0.4 is 10.6 Å². The van der Waals surface area contributed by atoms with Crippen molar-refractivity contribution >= 4 is 29.9 Å². The van der Waals surface area contributed by atoms with Gasteiger partial charge in [0.2, 0.25) is 0 Å². The molecular formula is C17H33IN6. The molecule has 0 aliphatic carbocycles. The van der Waals surface area contributed by atoms with Gasteiger partial charge in [-0.1, -0.05) is 6.42 Å². The maximum absolute atomic E-state index is 4.46. The highest BCUT2D eigenvalue weighted by atomic mass is 127. The van der Waals surface area contributed by atoms with Crippen molar-refractivity contribution in [3.05, 3.63) is 17.0 Å². The van der Waals surface area contributed by atoms with E-state index < -0.39 is 0 Å². The van der Waals surface area contributed by atoms with Gasteiger partial charge < -0.3 is 10.6 Å². The fraction of sp³-hybridized carbons (Fsp3) is 0.765. The number of guanidine groups is 1. The maximum atomic E-state index is 4.46. The van der Waals surface area contributed by atoms with Crippen LogP contribution in [0.15, 0.2) is 4.99 Å². The van der Waals surface area contributed by atoms with Crippen LogP contribution >= 0.6 is 24.0 Å². The fourth-order valence-electron chi connectivity index (χ4n) is 3.27. The summed E-state index contributed by atoms with van der Waals surface area (Å²) in [5.74, 6) is 0.859. The van der Waals surface area contributed by atoms with Crippen LogP contribution in [0.1, 0.15) is 43.1 Å². The Morgan fingerprint density at radius 3 is 2.62 bits per heavy atom. The third-order valence-corrected chi connectivity index (χ3v) is 4.95. The highest BCUT2D eigenvalue weighted by Gasteiger charge is 2.17. The molecule has 7 heteroatoms. The summed E-state index contributed by atoms with van der Waals surface area (Å²) < 4.78 is 1.93. The van der Waals surface area contributed by atoms with Crippen molar-refractivity contribution in [1.82, 2.24) is 25.3 Å². The molecular weight excluding hydrogens is 415 g/mol. The zero-order valence-electron chi connectivity index (χ0n) is 15.7. The zero-order valence-corrected chi connectivity index (χ0v) is 18.1. The first-order chi connectivity index (χ1) is 11.0. The normalized spacial score (nSPS) is 19.0. The molecule has 1 atom stereocenters. The van der Waals surface area contributed by atoms with Crippen LogP contribution in [-0.2, 0) is 13.6 Å². The standard InChI is InChI=1S/C17H32N6.HI/c1-13-8-6-7-10-23(13)11-9-19-17(18-4)20-12-16-14(2)21-22(5)15(16)3;/h13H,6-12H2,1-5H3,(H2,18,19,20);1H. The van der Waals surface area contributed by atoms with Crippen LogP contribution in [0, 0.1) is 13.8 Å². The van der Waals surface area contributed by atoms with E-state index >= 15 is 0 Å². The number of hydrogen-bond acceptors (Lipinski definition) is 3. The zero-order chi connectivity index (χ0) is 16.8. The number of aryl methyl sites for hydroxylation is 2. The van der Waals surface area contributed by atoms with Crippen molar-refractivity contribution in [2.24, 2.45) is 12.0 Å². The van der Waals surface area contributed by atoms with Gasteiger partial charge in [-0.15, -0.1) is 24.0 Å². The highest BCUT2D eigenvalue weighted by molar-refractivity contribution is 14.0. The van der Waals surface area contributed by atoms with E-state index in [0.29, 0.717) is 6.04 Å². The van der Waals surface area contributed by atoms with Crippen molar-refractivity contribution in [2.45, 2.75) is 52.6 Å². The van der Waals surface area contributed by atoms with Crippen molar-refractivity contribution in [3.8, 4) is 0 Å². The predicted molar refractivity (Wildman–Crippen MR) is 111 cm³/mol. The van der Waals surface area contributed by atoms with E-state index in [1.807, 2.05) is 18.8 Å². The molecule has 2 heterocycles. The molecule has 1 fully saturated rings. The van der Waals surface area contributed by atoms with Crippen LogP contribution in [0.5, 0.6) is 0 Å². The number of aromatic nitrogens is 2. The van der Waals surface area contributed by atoms with Crippen LogP contribution in [-0.4, -0.2) is 53.4 Å². The molecule has 0 saturated carbocycles. The van der Waals surface area contributed by atoms with Gasteiger partial charge in [0, 0.05) is 51.0 Å². The number of piperidine rings is 1. The van der Waals surface area contributed by atoms with E-state index in [1.54, 1.807) is 0 Å². The molecule has 1 aliphatic heterocycles. The van der Waals surface area contributed by atoms with Gasteiger partial charge in [0.1, 0.15) is 0 Å². The third-order valence-electron chi connectivity index (χ3n) is 4.95. The molecule has 6 nitrogen and oxygen atoms in total. The summed E-state index contributed by atoms with van der Waals surface area (Å²) >= 11 is 0.